The molecule has 0 atom stereocenters. The summed E-state index contributed by atoms with van der Waals surface area (Å²) in [6.45, 7) is 0.686. The highest BCUT2D eigenvalue weighted by atomic mass is 35.5. The molecule has 0 radical (unpaired) electrons. The smallest absolute Gasteiger partial charge is 0.317 e. The molecular formula is C15H16ClFN2OS. The van der Waals surface area contributed by atoms with Crippen LogP contribution in [0.3, 0.4) is 0 Å². The van der Waals surface area contributed by atoms with Crippen LogP contribution in [0.1, 0.15) is 10.4 Å². The van der Waals surface area contributed by atoms with Gasteiger partial charge in [0, 0.05) is 29.1 Å². The molecule has 0 aliphatic carbocycles. The third-order valence-corrected chi connectivity index (χ3v) is 4.32. The number of thiophene rings is 1. The number of amides is 2. The number of carbonyl (C=O) groups is 1. The molecule has 2 amide bonds. The third-order valence-electron chi connectivity index (χ3n) is 3.03. The van der Waals surface area contributed by atoms with Crippen molar-refractivity contribution in [2.45, 2.75) is 13.0 Å². The van der Waals surface area contributed by atoms with Crippen molar-refractivity contribution in [1.82, 2.24) is 10.2 Å². The highest BCUT2D eigenvalue weighted by Crippen LogP contribution is 2.20. The molecule has 3 nitrogen and oxygen atoms in total. The highest BCUT2D eigenvalue weighted by Gasteiger charge is 2.13. The summed E-state index contributed by atoms with van der Waals surface area (Å²) in [5.41, 5.74) is 0.329. The number of rotatable bonds is 5. The summed E-state index contributed by atoms with van der Waals surface area (Å²) >= 11 is 7.61. The van der Waals surface area contributed by atoms with E-state index in [4.69, 9.17) is 11.6 Å². The Morgan fingerprint density at radius 2 is 2.19 bits per heavy atom. The third kappa shape index (κ3) is 4.44. The SMILES string of the molecule is CN(Cc1c(F)cccc1Cl)C(=O)NCCc1cccs1. The van der Waals surface area contributed by atoms with Gasteiger partial charge < -0.3 is 10.2 Å². The van der Waals surface area contributed by atoms with Gasteiger partial charge >= 0.3 is 6.03 Å². The Labute approximate surface area is 132 Å². The van der Waals surface area contributed by atoms with Crippen molar-refractivity contribution < 1.29 is 9.18 Å². The Morgan fingerprint density at radius 3 is 2.86 bits per heavy atom. The molecule has 2 aromatic rings. The molecule has 0 bridgehead atoms. The first-order chi connectivity index (χ1) is 10.1. The molecule has 6 heteroatoms. The average Bonchev–Trinajstić information content (AvgIpc) is 2.96. The van der Waals surface area contributed by atoms with E-state index in [1.807, 2.05) is 17.5 Å². The number of hydrogen-bond donors (Lipinski definition) is 1. The normalized spacial score (nSPS) is 10.4. The zero-order chi connectivity index (χ0) is 15.2. The zero-order valence-corrected chi connectivity index (χ0v) is 13.2. The largest absolute Gasteiger partial charge is 0.338 e. The van der Waals surface area contributed by atoms with Crippen molar-refractivity contribution in [2.24, 2.45) is 0 Å². The van der Waals surface area contributed by atoms with Crippen LogP contribution in [0.4, 0.5) is 9.18 Å². The van der Waals surface area contributed by atoms with Crippen LogP contribution in [0.15, 0.2) is 35.7 Å². The van der Waals surface area contributed by atoms with Gasteiger partial charge in [-0.25, -0.2) is 9.18 Å². The summed E-state index contributed by atoms with van der Waals surface area (Å²) in [6, 6.07) is 8.26. The lowest BCUT2D eigenvalue weighted by atomic mass is 10.2. The van der Waals surface area contributed by atoms with Gasteiger partial charge in [0.15, 0.2) is 0 Å². The van der Waals surface area contributed by atoms with Crippen LogP contribution in [0.25, 0.3) is 0 Å². The van der Waals surface area contributed by atoms with Gasteiger partial charge in [0.1, 0.15) is 5.82 Å². The van der Waals surface area contributed by atoms with Crippen molar-refractivity contribution in [3.8, 4) is 0 Å². The highest BCUT2D eigenvalue weighted by molar-refractivity contribution is 7.09. The molecule has 1 aromatic carbocycles. The Morgan fingerprint density at radius 1 is 1.38 bits per heavy atom. The molecule has 0 unspecified atom stereocenters. The minimum atomic E-state index is -0.402. The summed E-state index contributed by atoms with van der Waals surface area (Å²) in [5, 5.41) is 5.14. The molecule has 2 rings (SSSR count). The molecule has 0 saturated heterocycles. The maximum absolute atomic E-state index is 13.7. The first kappa shape index (κ1) is 15.8. The van der Waals surface area contributed by atoms with E-state index in [1.165, 1.54) is 15.8 Å². The van der Waals surface area contributed by atoms with Crippen molar-refractivity contribution in [3.05, 3.63) is 57.0 Å². The van der Waals surface area contributed by atoms with Crippen molar-refractivity contribution >= 4 is 29.0 Å². The van der Waals surface area contributed by atoms with Crippen LogP contribution in [0.5, 0.6) is 0 Å². The van der Waals surface area contributed by atoms with Crippen LogP contribution in [-0.2, 0) is 13.0 Å². The number of benzene rings is 1. The number of hydrogen-bond acceptors (Lipinski definition) is 2. The summed E-state index contributed by atoms with van der Waals surface area (Å²) in [5.74, 6) is -0.402. The molecule has 21 heavy (non-hydrogen) atoms. The van der Waals surface area contributed by atoms with Crippen LogP contribution in [0, 0.1) is 5.82 Å². The van der Waals surface area contributed by atoms with Crippen molar-refractivity contribution in [2.75, 3.05) is 13.6 Å². The number of nitrogens with zero attached hydrogens (tertiary/aromatic N) is 1. The minimum absolute atomic E-state index is 0.135. The van der Waals surface area contributed by atoms with Gasteiger partial charge in [-0.3, -0.25) is 0 Å². The second-order valence-electron chi connectivity index (χ2n) is 4.62. The second-order valence-corrected chi connectivity index (χ2v) is 6.06. The second kappa shape index (κ2) is 7.43. The van der Waals surface area contributed by atoms with Gasteiger partial charge in [0.2, 0.25) is 0 Å². The van der Waals surface area contributed by atoms with Gasteiger partial charge in [-0.1, -0.05) is 23.7 Å². The van der Waals surface area contributed by atoms with Crippen molar-refractivity contribution in [3.63, 3.8) is 0 Å². The Balaban J connectivity index is 1.85. The predicted molar refractivity (Wildman–Crippen MR) is 84.3 cm³/mol. The van der Waals surface area contributed by atoms with E-state index in [0.29, 0.717) is 17.1 Å². The number of urea groups is 1. The Kier molecular flexibility index (Phi) is 5.59. The van der Waals surface area contributed by atoms with E-state index >= 15 is 0 Å². The molecule has 0 aliphatic rings. The average molecular weight is 327 g/mol. The van der Waals surface area contributed by atoms with E-state index < -0.39 is 5.82 Å². The first-order valence-electron chi connectivity index (χ1n) is 6.52. The van der Waals surface area contributed by atoms with E-state index in [2.05, 4.69) is 5.32 Å². The molecule has 1 heterocycles. The fourth-order valence-corrected chi connectivity index (χ4v) is 2.81. The maximum Gasteiger partial charge on any atom is 0.317 e. The van der Waals surface area contributed by atoms with Crippen LogP contribution >= 0.6 is 22.9 Å². The molecular weight excluding hydrogens is 311 g/mol. The summed E-state index contributed by atoms with van der Waals surface area (Å²) < 4.78 is 13.7. The van der Waals surface area contributed by atoms with E-state index in [0.717, 1.165) is 6.42 Å². The fraction of sp³-hybridized carbons (Fsp3) is 0.267. The predicted octanol–water partition coefficient (Wildman–Crippen LogP) is 3.92. The fourth-order valence-electron chi connectivity index (χ4n) is 1.87. The van der Waals surface area contributed by atoms with Gasteiger partial charge in [0.05, 0.1) is 6.54 Å². The Hall–Kier alpha value is -1.59. The van der Waals surface area contributed by atoms with Gasteiger partial charge in [-0.05, 0) is 30.0 Å². The first-order valence-corrected chi connectivity index (χ1v) is 7.78. The summed E-state index contributed by atoms with van der Waals surface area (Å²) in [6.07, 6.45) is 0.789. The minimum Gasteiger partial charge on any atom is -0.338 e. The van der Waals surface area contributed by atoms with Crippen LogP contribution in [0.2, 0.25) is 5.02 Å². The molecule has 0 fully saturated rings. The maximum atomic E-state index is 13.7. The lowest BCUT2D eigenvalue weighted by Gasteiger charge is -2.19. The Bertz CT molecular complexity index is 583. The zero-order valence-electron chi connectivity index (χ0n) is 11.6. The molecule has 1 aromatic heterocycles. The quantitative estimate of drug-likeness (QED) is 0.887. The molecule has 0 saturated carbocycles. The van der Waals surface area contributed by atoms with E-state index in [-0.39, 0.29) is 12.6 Å². The lowest BCUT2D eigenvalue weighted by molar-refractivity contribution is 0.206. The monoisotopic (exact) mass is 326 g/mol. The summed E-state index contributed by atoms with van der Waals surface area (Å²) in [4.78, 5) is 14.6. The number of carbonyl (C=O) groups excluding carboxylic acids is 1. The van der Waals surface area contributed by atoms with E-state index in [9.17, 15) is 9.18 Å². The summed E-state index contributed by atoms with van der Waals surface area (Å²) in [7, 11) is 1.61. The van der Waals surface area contributed by atoms with Crippen molar-refractivity contribution in [1.29, 1.82) is 0 Å². The van der Waals surface area contributed by atoms with Crippen LogP contribution in [-0.4, -0.2) is 24.5 Å². The lowest BCUT2D eigenvalue weighted by Crippen LogP contribution is -2.38. The van der Waals surface area contributed by atoms with Crippen LogP contribution < -0.4 is 5.32 Å². The van der Waals surface area contributed by atoms with Gasteiger partial charge in [0.25, 0.3) is 0 Å². The van der Waals surface area contributed by atoms with Gasteiger partial charge in [-0.15, -0.1) is 11.3 Å². The molecule has 0 spiro atoms. The molecule has 0 aliphatic heterocycles. The topological polar surface area (TPSA) is 32.3 Å². The molecule has 112 valence electrons. The standard InChI is InChI=1S/C15H16ClFN2OS/c1-19(10-12-13(16)5-2-6-14(12)17)15(20)18-8-7-11-4-3-9-21-11/h2-6,9H,7-8,10H2,1H3,(H,18,20). The van der Waals surface area contributed by atoms with Gasteiger partial charge in [-0.2, -0.15) is 0 Å². The molecule has 1 N–H and O–H groups in total. The number of halogens is 2. The number of nitrogens with one attached hydrogen (secondary N) is 1. The van der Waals surface area contributed by atoms with E-state index in [1.54, 1.807) is 30.5 Å².